The molecule has 1 heterocycles. The van der Waals surface area contributed by atoms with Crippen molar-refractivity contribution in [3.05, 3.63) is 66.4 Å². The van der Waals surface area contributed by atoms with Crippen LogP contribution in [0.5, 0.6) is 0 Å². The molecular formula is C16H13N3O. The first-order valence-corrected chi connectivity index (χ1v) is 6.26. The minimum Gasteiger partial charge on any atom is -0.398 e. The Morgan fingerprint density at radius 3 is 2.50 bits per heavy atom. The highest BCUT2D eigenvalue weighted by Gasteiger charge is 2.10. The number of pyridine rings is 1. The molecule has 3 rings (SSSR count). The molecular weight excluding hydrogens is 250 g/mol. The van der Waals surface area contributed by atoms with Crippen molar-refractivity contribution in [2.24, 2.45) is 0 Å². The van der Waals surface area contributed by atoms with E-state index in [9.17, 15) is 4.79 Å². The number of nitrogens with two attached hydrogens (primary N) is 1. The van der Waals surface area contributed by atoms with Gasteiger partial charge in [0.25, 0.3) is 5.91 Å². The first-order valence-electron chi connectivity index (χ1n) is 6.26. The van der Waals surface area contributed by atoms with Crippen LogP contribution >= 0.6 is 0 Å². The van der Waals surface area contributed by atoms with Gasteiger partial charge in [-0.1, -0.05) is 36.4 Å². The summed E-state index contributed by atoms with van der Waals surface area (Å²) in [7, 11) is 0. The summed E-state index contributed by atoms with van der Waals surface area (Å²) in [6, 6.07) is 18.3. The van der Waals surface area contributed by atoms with Crippen LogP contribution in [0, 0.1) is 0 Å². The fraction of sp³-hybridized carbons (Fsp3) is 0. The van der Waals surface area contributed by atoms with Gasteiger partial charge in [0, 0.05) is 16.8 Å². The second-order valence-corrected chi connectivity index (χ2v) is 4.43. The van der Waals surface area contributed by atoms with Crippen molar-refractivity contribution in [2.45, 2.75) is 0 Å². The third kappa shape index (κ3) is 2.31. The van der Waals surface area contributed by atoms with Gasteiger partial charge >= 0.3 is 0 Å². The number of hydrogen-bond acceptors (Lipinski definition) is 3. The average molecular weight is 263 g/mol. The lowest BCUT2D eigenvalue weighted by Crippen LogP contribution is -2.14. The summed E-state index contributed by atoms with van der Waals surface area (Å²) < 4.78 is 0. The fourth-order valence-corrected chi connectivity index (χ4v) is 2.04. The van der Waals surface area contributed by atoms with Crippen molar-refractivity contribution in [2.75, 3.05) is 11.1 Å². The summed E-state index contributed by atoms with van der Waals surface area (Å²) in [5.74, 6) is -0.270. The maximum Gasteiger partial charge on any atom is 0.274 e. The number of hydrogen-bond donors (Lipinski definition) is 2. The van der Waals surface area contributed by atoms with Gasteiger partial charge < -0.3 is 11.1 Å². The Morgan fingerprint density at radius 1 is 1.00 bits per heavy atom. The normalized spacial score (nSPS) is 10.4. The third-order valence-corrected chi connectivity index (χ3v) is 3.01. The van der Waals surface area contributed by atoms with Crippen LogP contribution in [-0.2, 0) is 0 Å². The van der Waals surface area contributed by atoms with Gasteiger partial charge in [-0.2, -0.15) is 0 Å². The molecule has 0 saturated heterocycles. The average Bonchev–Trinajstić information content (AvgIpc) is 2.48. The molecule has 1 amide bonds. The van der Waals surface area contributed by atoms with Gasteiger partial charge in [0.1, 0.15) is 5.69 Å². The molecule has 2 aromatic carbocycles. The molecule has 3 aromatic rings. The molecule has 0 saturated carbocycles. The molecule has 4 nitrogen and oxygen atoms in total. The molecule has 20 heavy (non-hydrogen) atoms. The summed E-state index contributed by atoms with van der Waals surface area (Å²) in [5, 5.41) is 3.64. The van der Waals surface area contributed by atoms with E-state index in [4.69, 9.17) is 5.73 Å². The van der Waals surface area contributed by atoms with Crippen LogP contribution in [0.25, 0.3) is 10.9 Å². The van der Waals surface area contributed by atoms with E-state index in [2.05, 4.69) is 10.3 Å². The van der Waals surface area contributed by atoms with Gasteiger partial charge in [-0.15, -0.1) is 0 Å². The van der Waals surface area contributed by atoms with Crippen molar-refractivity contribution in [3.63, 3.8) is 0 Å². The summed E-state index contributed by atoms with van der Waals surface area (Å²) in [4.78, 5) is 16.5. The van der Waals surface area contributed by atoms with Crippen LogP contribution < -0.4 is 11.1 Å². The molecule has 0 atom stereocenters. The van der Waals surface area contributed by atoms with Crippen LogP contribution in [0.3, 0.4) is 0 Å². The smallest absolute Gasteiger partial charge is 0.274 e. The minimum atomic E-state index is -0.270. The van der Waals surface area contributed by atoms with Crippen LogP contribution in [0.2, 0.25) is 0 Å². The lowest BCUT2D eigenvalue weighted by atomic mass is 10.1. The molecule has 0 radical (unpaired) electrons. The van der Waals surface area contributed by atoms with E-state index in [-0.39, 0.29) is 5.91 Å². The number of aromatic nitrogens is 1. The predicted molar refractivity (Wildman–Crippen MR) is 80.6 cm³/mol. The summed E-state index contributed by atoms with van der Waals surface area (Å²) in [6.07, 6.45) is 0. The number of carbonyl (C=O) groups is 1. The molecule has 98 valence electrons. The minimum absolute atomic E-state index is 0.270. The van der Waals surface area contributed by atoms with E-state index < -0.39 is 0 Å². The van der Waals surface area contributed by atoms with Crippen LogP contribution in [0.4, 0.5) is 11.4 Å². The number of amides is 1. The van der Waals surface area contributed by atoms with Crippen LogP contribution in [0.15, 0.2) is 60.7 Å². The molecule has 4 heteroatoms. The summed E-state index contributed by atoms with van der Waals surface area (Å²) >= 11 is 0. The maximum atomic E-state index is 12.2. The lowest BCUT2D eigenvalue weighted by molar-refractivity contribution is 0.102. The van der Waals surface area contributed by atoms with Gasteiger partial charge in [-0.25, -0.2) is 4.98 Å². The number of rotatable bonds is 2. The van der Waals surface area contributed by atoms with Crippen molar-refractivity contribution in [1.82, 2.24) is 4.98 Å². The Kier molecular flexibility index (Phi) is 3.05. The number of anilines is 2. The van der Waals surface area contributed by atoms with Gasteiger partial charge in [0.15, 0.2) is 0 Å². The van der Waals surface area contributed by atoms with E-state index in [1.165, 1.54) is 0 Å². The van der Waals surface area contributed by atoms with Crippen LogP contribution in [-0.4, -0.2) is 10.9 Å². The molecule has 0 fully saturated rings. The quantitative estimate of drug-likeness (QED) is 0.746. The number of nitrogens with zero attached hydrogens (tertiary/aromatic N) is 1. The Balaban J connectivity index is 1.96. The van der Waals surface area contributed by atoms with E-state index in [1.807, 2.05) is 54.6 Å². The number of carbonyl (C=O) groups excluding carboxylic acids is 1. The first-order chi connectivity index (χ1) is 9.74. The molecule has 0 aliphatic heterocycles. The molecule has 3 N–H and O–H groups in total. The number of para-hydroxylation sites is 2. The number of fused-ring (bicyclic) bond motifs is 1. The SMILES string of the molecule is Nc1cc(C(=O)Nc2ccccc2)nc2ccccc12. The molecule has 0 spiro atoms. The summed E-state index contributed by atoms with van der Waals surface area (Å²) in [6.45, 7) is 0. The van der Waals surface area contributed by atoms with E-state index in [0.717, 1.165) is 11.1 Å². The van der Waals surface area contributed by atoms with Crippen molar-refractivity contribution in [1.29, 1.82) is 0 Å². The fourth-order valence-electron chi connectivity index (χ4n) is 2.04. The van der Waals surface area contributed by atoms with E-state index in [0.29, 0.717) is 16.9 Å². The van der Waals surface area contributed by atoms with E-state index in [1.54, 1.807) is 6.07 Å². The van der Waals surface area contributed by atoms with Crippen LogP contribution in [0.1, 0.15) is 10.5 Å². The zero-order valence-electron chi connectivity index (χ0n) is 10.7. The Morgan fingerprint density at radius 2 is 1.70 bits per heavy atom. The predicted octanol–water partition coefficient (Wildman–Crippen LogP) is 3.07. The maximum absolute atomic E-state index is 12.2. The van der Waals surface area contributed by atoms with Gasteiger partial charge in [0.2, 0.25) is 0 Å². The van der Waals surface area contributed by atoms with Crippen molar-refractivity contribution >= 4 is 28.2 Å². The highest BCUT2D eigenvalue weighted by atomic mass is 16.1. The Bertz CT molecular complexity index is 769. The zero-order chi connectivity index (χ0) is 13.9. The monoisotopic (exact) mass is 263 g/mol. The van der Waals surface area contributed by atoms with Gasteiger partial charge in [-0.05, 0) is 24.3 Å². The van der Waals surface area contributed by atoms with Crippen molar-refractivity contribution in [3.8, 4) is 0 Å². The highest BCUT2D eigenvalue weighted by Crippen LogP contribution is 2.20. The molecule has 1 aromatic heterocycles. The van der Waals surface area contributed by atoms with E-state index >= 15 is 0 Å². The first kappa shape index (κ1) is 12.2. The van der Waals surface area contributed by atoms with Gasteiger partial charge in [0.05, 0.1) is 5.52 Å². The van der Waals surface area contributed by atoms with Crippen molar-refractivity contribution < 1.29 is 4.79 Å². The second kappa shape index (κ2) is 5.01. The number of nitrogen functional groups attached to an aromatic ring is 1. The molecule has 0 aliphatic rings. The molecule has 0 aliphatic carbocycles. The number of nitrogens with one attached hydrogen (secondary N) is 1. The molecule has 0 unspecified atom stereocenters. The Hall–Kier alpha value is -2.88. The number of benzene rings is 2. The topological polar surface area (TPSA) is 68.0 Å². The molecule has 0 bridgehead atoms. The largest absolute Gasteiger partial charge is 0.398 e. The zero-order valence-corrected chi connectivity index (χ0v) is 10.7. The third-order valence-electron chi connectivity index (χ3n) is 3.01. The highest BCUT2D eigenvalue weighted by molar-refractivity contribution is 6.05. The second-order valence-electron chi connectivity index (χ2n) is 4.43. The van der Waals surface area contributed by atoms with Gasteiger partial charge in [-0.3, -0.25) is 4.79 Å². The summed E-state index contributed by atoms with van der Waals surface area (Å²) in [5.41, 5.74) is 8.27. The lowest BCUT2D eigenvalue weighted by Gasteiger charge is -2.07. The standard InChI is InChI=1S/C16H13N3O/c17-13-10-15(19-14-9-5-4-8-12(13)14)16(20)18-11-6-2-1-3-7-11/h1-10H,(H2,17,19)(H,18,20). The Labute approximate surface area is 116 Å².